The maximum atomic E-state index is 12.9. The van der Waals surface area contributed by atoms with E-state index in [1.165, 1.54) is 23.3 Å². The van der Waals surface area contributed by atoms with Crippen LogP contribution in [0.5, 0.6) is 0 Å². The Kier molecular flexibility index (Phi) is 7.83. The fourth-order valence-electron chi connectivity index (χ4n) is 5.23. The molecule has 33 heavy (non-hydrogen) atoms. The molecule has 2 aromatic rings. The third-order valence-electron chi connectivity index (χ3n) is 6.43. The fourth-order valence-corrected chi connectivity index (χ4v) is 6.52. The molecule has 1 aromatic heterocycles. The van der Waals surface area contributed by atoms with E-state index in [1.807, 2.05) is 13.0 Å². The van der Waals surface area contributed by atoms with Gasteiger partial charge in [0.05, 0.1) is 18.7 Å². The Labute approximate surface area is 200 Å². The first-order chi connectivity index (χ1) is 15.9. The standard InChI is InChI=1S/C26H35N3O3S/c1-4-32-26(31)24-21-10-11-28(15-20-8-6-5-7-9-20)16-22(21)33-25(24)27-23(30)17-29-13-18(2)12-19(3)14-29/h5-9,18-19H,4,10-17H2,1-3H3,(H,27,30)/t18-,19-/m0/s1. The normalized spacial score (nSPS) is 21.4. The number of esters is 1. The van der Waals surface area contributed by atoms with Crippen LogP contribution in [0, 0.1) is 11.8 Å². The molecule has 0 aliphatic carbocycles. The minimum absolute atomic E-state index is 0.0541. The van der Waals surface area contributed by atoms with Crippen molar-refractivity contribution in [1.29, 1.82) is 0 Å². The lowest BCUT2D eigenvalue weighted by molar-refractivity contribution is -0.117. The highest BCUT2D eigenvalue weighted by molar-refractivity contribution is 7.17. The van der Waals surface area contributed by atoms with E-state index in [9.17, 15) is 9.59 Å². The van der Waals surface area contributed by atoms with Crippen LogP contribution < -0.4 is 5.32 Å². The number of fused-ring (bicyclic) bond motifs is 1. The number of benzene rings is 1. The van der Waals surface area contributed by atoms with Gasteiger partial charge < -0.3 is 10.1 Å². The van der Waals surface area contributed by atoms with Gasteiger partial charge in [0, 0.05) is 37.6 Å². The summed E-state index contributed by atoms with van der Waals surface area (Å²) in [5, 5.41) is 3.71. The second kappa shape index (κ2) is 10.8. The van der Waals surface area contributed by atoms with Crippen molar-refractivity contribution in [2.24, 2.45) is 11.8 Å². The maximum absolute atomic E-state index is 12.9. The molecule has 1 saturated heterocycles. The smallest absolute Gasteiger partial charge is 0.341 e. The number of likely N-dealkylation sites (tertiary alicyclic amines) is 1. The molecule has 2 aliphatic rings. The lowest BCUT2D eigenvalue weighted by atomic mass is 9.92. The summed E-state index contributed by atoms with van der Waals surface area (Å²) in [5.41, 5.74) is 2.88. The van der Waals surface area contributed by atoms with Gasteiger partial charge in [-0.2, -0.15) is 0 Å². The summed E-state index contributed by atoms with van der Waals surface area (Å²) in [7, 11) is 0. The number of nitrogens with one attached hydrogen (secondary N) is 1. The van der Waals surface area contributed by atoms with Crippen molar-refractivity contribution in [3.05, 3.63) is 51.9 Å². The molecule has 0 radical (unpaired) electrons. The average molecular weight is 470 g/mol. The molecular weight excluding hydrogens is 434 g/mol. The maximum Gasteiger partial charge on any atom is 0.341 e. The molecule has 0 bridgehead atoms. The van der Waals surface area contributed by atoms with Crippen LogP contribution in [-0.4, -0.2) is 54.5 Å². The number of carbonyl (C=O) groups is 2. The van der Waals surface area contributed by atoms with Gasteiger partial charge in [-0.15, -0.1) is 11.3 Å². The van der Waals surface area contributed by atoms with Crippen molar-refractivity contribution in [3.8, 4) is 0 Å². The van der Waals surface area contributed by atoms with Gasteiger partial charge in [-0.05, 0) is 42.7 Å². The number of hydrogen-bond donors (Lipinski definition) is 1. The summed E-state index contributed by atoms with van der Waals surface area (Å²) in [6.45, 7) is 11.4. The minimum Gasteiger partial charge on any atom is -0.462 e. The van der Waals surface area contributed by atoms with E-state index in [1.54, 1.807) is 0 Å². The van der Waals surface area contributed by atoms with Crippen LogP contribution in [0.25, 0.3) is 0 Å². The molecular formula is C26H35N3O3S. The van der Waals surface area contributed by atoms with Crippen LogP contribution in [0.15, 0.2) is 30.3 Å². The van der Waals surface area contributed by atoms with Crippen LogP contribution in [0.1, 0.15) is 53.6 Å². The predicted molar refractivity (Wildman–Crippen MR) is 133 cm³/mol. The summed E-state index contributed by atoms with van der Waals surface area (Å²) in [6.07, 6.45) is 1.99. The molecule has 2 aliphatic heterocycles. The summed E-state index contributed by atoms with van der Waals surface area (Å²) in [5.74, 6) is 0.811. The van der Waals surface area contributed by atoms with Gasteiger partial charge >= 0.3 is 5.97 Å². The SMILES string of the molecule is CCOC(=O)c1c(NC(=O)CN2C[C@@H](C)C[C@H](C)C2)sc2c1CCN(Cc1ccccc1)C2. The Morgan fingerprint density at radius 2 is 1.85 bits per heavy atom. The zero-order valence-electron chi connectivity index (χ0n) is 19.9. The van der Waals surface area contributed by atoms with Crippen LogP contribution in [-0.2, 0) is 29.0 Å². The number of anilines is 1. The number of rotatable bonds is 7. The molecule has 6 nitrogen and oxygen atoms in total. The zero-order valence-corrected chi connectivity index (χ0v) is 20.7. The third-order valence-corrected chi connectivity index (χ3v) is 7.56. The van der Waals surface area contributed by atoms with E-state index in [-0.39, 0.29) is 11.9 Å². The number of hydrogen-bond acceptors (Lipinski definition) is 6. The van der Waals surface area contributed by atoms with Crippen molar-refractivity contribution >= 4 is 28.2 Å². The Morgan fingerprint density at radius 1 is 1.12 bits per heavy atom. The minimum atomic E-state index is -0.331. The van der Waals surface area contributed by atoms with Gasteiger partial charge in [-0.1, -0.05) is 44.2 Å². The molecule has 4 rings (SSSR count). The van der Waals surface area contributed by atoms with E-state index < -0.39 is 0 Å². The third kappa shape index (κ3) is 6.02. The number of ether oxygens (including phenoxy) is 1. The molecule has 1 N–H and O–H groups in total. The largest absolute Gasteiger partial charge is 0.462 e. The molecule has 3 heterocycles. The first kappa shape index (κ1) is 23.9. The van der Waals surface area contributed by atoms with E-state index >= 15 is 0 Å². The fraction of sp³-hybridized carbons (Fsp3) is 0.538. The number of piperidine rings is 1. The van der Waals surface area contributed by atoms with Crippen molar-refractivity contribution in [3.63, 3.8) is 0 Å². The number of amides is 1. The molecule has 178 valence electrons. The lowest BCUT2D eigenvalue weighted by Gasteiger charge is -2.34. The van der Waals surface area contributed by atoms with Gasteiger partial charge in [0.1, 0.15) is 5.00 Å². The van der Waals surface area contributed by atoms with E-state index in [4.69, 9.17) is 4.74 Å². The van der Waals surface area contributed by atoms with Crippen LogP contribution in [0.2, 0.25) is 0 Å². The van der Waals surface area contributed by atoms with Crippen molar-refractivity contribution in [2.45, 2.75) is 46.7 Å². The van der Waals surface area contributed by atoms with Crippen LogP contribution in [0.4, 0.5) is 5.00 Å². The zero-order chi connectivity index (χ0) is 23.4. The van der Waals surface area contributed by atoms with E-state index in [0.29, 0.717) is 35.6 Å². The molecule has 0 saturated carbocycles. The second-order valence-corrected chi connectivity index (χ2v) is 10.7. The van der Waals surface area contributed by atoms with Gasteiger partial charge in [0.15, 0.2) is 0 Å². The summed E-state index contributed by atoms with van der Waals surface area (Å²) >= 11 is 1.53. The van der Waals surface area contributed by atoms with Gasteiger partial charge in [0.2, 0.25) is 5.91 Å². The number of thiophene rings is 1. The van der Waals surface area contributed by atoms with Crippen molar-refractivity contribution in [2.75, 3.05) is 38.1 Å². The summed E-state index contributed by atoms with van der Waals surface area (Å²) in [4.78, 5) is 31.5. The van der Waals surface area contributed by atoms with Crippen molar-refractivity contribution < 1.29 is 14.3 Å². The highest BCUT2D eigenvalue weighted by atomic mass is 32.1. The lowest BCUT2D eigenvalue weighted by Crippen LogP contribution is -2.42. The average Bonchev–Trinajstić information content (AvgIpc) is 3.10. The van der Waals surface area contributed by atoms with Gasteiger partial charge in [-0.3, -0.25) is 14.6 Å². The predicted octanol–water partition coefficient (Wildman–Crippen LogP) is 4.40. The topological polar surface area (TPSA) is 61.9 Å². The summed E-state index contributed by atoms with van der Waals surface area (Å²) < 4.78 is 5.37. The highest BCUT2D eigenvalue weighted by Crippen LogP contribution is 2.38. The molecule has 7 heteroatoms. The van der Waals surface area contributed by atoms with E-state index in [2.05, 4.69) is 53.2 Å². The first-order valence-electron chi connectivity index (χ1n) is 12.0. The van der Waals surface area contributed by atoms with Crippen LogP contribution >= 0.6 is 11.3 Å². The Hall–Kier alpha value is -2.22. The summed E-state index contributed by atoms with van der Waals surface area (Å²) in [6, 6.07) is 10.4. The first-order valence-corrected chi connectivity index (χ1v) is 12.8. The highest BCUT2D eigenvalue weighted by Gasteiger charge is 2.30. The number of carbonyl (C=O) groups excluding carboxylic acids is 2. The molecule has 1 aromatic carbocycles. The molecule has 0 unspecified atom stereocenters. The monoisotopic (exact) mass is 469 g/mol. The Bertz CT molecular complexity index is 965. The van der Waals surface area contributed by atoms with Crippen LogP contribution in [0.3, 0.4) is 0 Å². The Morgan fingerprint density at radius 3 is 2.55 bits per heavy atom. The molecule has 0 spiro atoms. The van der Waals surface area contributed by atoms with Gasteiger partial charge in [-0.25, -0.2) is 4.79 Å². The second-order valence-electron chi connectivity index (χ2n) is 9.56. The Balaban J connectivity index is 1.49. The molecule has 1 fully saturated rings. The quantitative estimate of drug-likeness (QED) is 0.609. The van der Waals surface area contributed by atoms with E-state index in [0.717, 1.165) is 49.6 Å². The van der Waals surface area contributed by atoms with Gasteiger partial charge in [0.25, 0.3) is 0 Å². The molecule has 2 atom stereocenters. The van der Waals surface area contributed by atoms with Crippen molar-refractivity contribution in [1.82, 2.24) is 9.80 Å². The molecule has 1 amide bonds. The number of nitrogens with zero attached hydrogens (tertiary/aromatic N) is 2.